The van der Waals surface area contributed by atoms with E-state index in [0.717, 1.165) is 10.6 Å². The van der Waals surface area contributed by atoms with Crippen molar-refractivity contribution in [1.29, 1.82) is 0 Å². The van der Waals surface area contributed by atoms with Gasteiger partial charge in [-0.2, -0.15) is 0 Å². The maximum atomic E-state index is 6.77. The first-order valence-corrected chi connectivity index (χ1v) is 8.56. The van der Waals surface area contributed by atoms with Crippen molar-refractivity contribution < 1.29 is 18.9 Å². The van der Waals surface area contributed by atoms with Crippen LogP contribution in [0.15, 0.2) is 36.4 Å². The van der Waals surface area contributed by atoms with Crippen LogP contribution in [-0.2, 0) is 0 Å². The largest absolute Gasteiger partial charge is 0.496 e. The van der Waals surface area contributed by atoms with E-state index in [1.165, 1.54) is 0 Å². The molecular weight excluding hydrogens is 311 g/mol. The standard InChI is InChI=1S/C15H14ClO4P/c1-17-10-5-3-7-12-14(10)21(16)15-11(18-2)6-4-8-13(15)20-9-19-12/h3-8H,9H2,1-2H3. The van der Waals surface area contributed by atoms with E-state index in [2.05, 4.69) is 0 Å². The Labute approximate surface area is 129 Å². The van der Waals surface area contributed by atoms with E-state index in [0.29, 0.717) is 23.0 Å². The minimum Gasteiger partial charge on any atom is -0.496 e. The van der Waals surface area contributed by atoms with Gasteiger partial charge in [0.25, 0.3) is 0 Å². The van der Waals surface area contributed by atoms with Crippen LogP contribution in [0.25, 0.3) is 0 Å². The van der Waals surface area contributed by atoms with Gasteiger partial charge in [0.1, 0.15) is 23.0 Å². The van der Waals surface area contributed by atoms with Crippen LogP contribution in [0.1, 0.15) is 0 Å². The molecule has 0 aromatic heterocycles. The molecule has 0 fully saturated rings. The number of benzene rings is 2. The summed E-state index contributed by atoms with van der Waals surface area (Å²) in [5.74, 6) is 2.75. The Hall–Kier alpha value is -1.64. The predicted octanol–water partition coefficient (Wildman–Crippen LogP) is 3.02. The third-order valence-corrected chi connectivity index (χ3v) is 5.87. The molecule has 21 heavy (non-hydrogen) atoms. The van der Waals surface area contributed by atoms with E-state index >= 15 is 0 Å². The van der Waals surface area contributed by atoms with E-state index in [4.69, 9.17) is 30.2 Å². The molecule has 0 bridgehead atoms. The van der Waals surface area contributed by atoms with Crippen molar-refractivity contribution in [3.8, 4) is 23.0 Å². The summed E-state index contributed by atoms with van der Waals surface area (Å²) in [6, 6.07) is 11.2. The summed E-state index contributed by atoms with van der Waals surface area (Å²) in [6.45, 7) is 0.112. The monoisotopic (exact) mass is 324 g/mol. The Balaban J connectivity index is 2.23. The molecule has 3 rings (SSSR count). The van der Waals surface area contributed by atoms with Crippen LogP contribution in [0, 0.1) is 0 Å². The molecule has 0 saturated carbocycles. The van der Waals surface area contributed by atoms with Gasteiger partial charge < -0.3 is 18.9 Å². The lowest BCUT2D eigenvalue weighted by Gasteiger charge is -2.25. The number of rotatable bonds is 2. The van der Waals surface area contributed by atoms with Crippen molar-refractivity contribution >= 4 is 29.1 Å². The van der Waals surface area contributed by atoms with Crippen LogP contribution in [-0.4, -0.2) is 21.0 Å². The highest BCUT2D eigenvalue weighted by atomic mass is 35.7. The van der Waals surface area contributed by atoms with Crippen LogP contribution in [0.2, 0.25) is 0 Å². The SMILES string of the molecule is COc1cccc2c1P(Cl)c1c(OC)cccc1OCO2. The zero-order valence-corrected chi connectivity index (χ0v) is 13.3. The number of halogens is 1. The number of hydrogen-bond donors (Lipinski definition) is 0. The summed E-state index contributed by atoms with van der Waals surface area (Å²) in [6.07, 6.45) is 0. The van der Waals surface area contributed by atoms with Crippen molar-refractivity contribution in [2.75, 3.05) is 21.0 Å². The zero-order valence-electron chi connectivity index (χ0n) is 11.6. The molecule has 1 aliphatic heterocycles. The maximum Gasteiger partial charge on any atom is 0.230 e. The Kier molecular flexibility index (Phi) is 4.09. The van der Waals surface area contributed by atoms with Gasteiger partial charge in [0.05, 0.1) is 32.1 Å². The minimum atomic E-state index is -1.25. The summed E-state index contributed by atoms with van der Waals surface area (Å²) in [4.78, 5) is 0. The molecular formula is C15H14ClO4P. The zero-order chi connectivity index (χ0) is 14.8. The summed E-state index contributed by atoms with van der Waals surface area (Å²) >= 11 is 6.77. The van der Waals surface area contributed by atoms with E-state index in [1.807, 2.05) is 36.4 Å². The molecule has 6 heteroatoms. The predicted molar refractivity (Wildman–Crippen MR) is 84.2 cm³/mol. The van der Waals surface area contributed by atoms with Crippen molar-refractivity contribution in [2.24, 2.45) is 0 Å². The molecule has 0 atom stereocenters. The molecule has 0 spiro atoms. The second-order valence-electron chi connectivity index (χ2n) is 4.30. The van der Waals surface area contributed by atoms with Gasteiger partial charge >= 0.3 is 0 Å². The topological polar surface area (TPSA) is 36.9 Å². The van der Waals surface area contributed by atoms with E-state index < -0.39 is 7.27 Å². The molecule has 0 radical (unpaired) electrons. The van der Waals surface area contributed by atoms with Crippen LogP contribution in [0.5, 0.6) is 23.0 Å². The van der Waals surface area contributed by atoms with Gasteiger partial charge in [0, 0.05) is 0 Å². The molecule has 0 N–H and O–H groups in total. The molecule has 2 aromatic rings. The van der Waals surface area contributed by atoms with Crippen LogP contribution < -0.4 is 29.6 Å². The molecule has 0 unspecified atom stereocenters. The van der Waals surface area contributed by atoms with Gasteiger partial charge in [-0.25, -0.2) is 0 Å². The first kappa shape index (κ1) is 14.3. The summed E-state index contributed by atoms with van der Waals surface area (Å²) in [5, 5.41) is 1.68. The van der Waals surface area contributed by atoms with Crippen molar-refractivity contribution in [2.45, 2.75) is 0 Å². The van der Waals surface area contributed by atoms with Gasteiger partial charge in [-0.15, -0.1) is 0 Å². The smallest absolute Gasteiger partial charge is 0.230 e. The molecule has 0 saturated heterocycles. The summed E-state index contributed by atoms with van der Waals surface area (Å²) < 4.78 is 22.2. The molecule has 1 aliphatic rings. The van der Waals surface area contributed by atoms with Gasteiger partial charge in [-0.1, -0.05) is 23.4 Å². The van der Waals surface area contributed by atoms with Crippen molar-refractivity contribution in [3.63, 3.8) is 0 Å². The fourth-order valence-electron chi connectivity index (χ4n) is 2.22. The first-order chi connectivity index (χ1) is 10.3. The maximum absolute atomic E-state index is 6.77. The highest BCUT2D eigenvalue weighted by Crippen LogP contribution is 2.50. The second kappa shape index (κ2) is 6.00. The molecule has 0 aliphatic carbocycles. The van der Waals surface area contributed by atoms with Gasteiger partial charge in [-0.3, -0.25) is 0 Å². The van der Waals surface area contributed by atoms with E-state index in [9.17, 15) is 0 Å². The fraction of sp³-hybridized carbons (Fsp3) is 0.200. The highest BCUT2D eigenvalue weighted by Gasteiger charge is 2.28. The lowest BCUT2D eigenvalue weighted by Crippen LogP contribution is -2.23. The number of methoxy groups -OCH3 is 2. The Morgan fingerprint density at radius 3 is 1.81 bits per heavy atom. The number of ether oxygens (including phenoxy) is 4. The van der Waals surface area contributed by atoms with Gasteiger partial charge in [0.15, 0.2) is 0 Å². The van der Waals surface area contributed by atoms with Gasteiger partial charge in [-0.05, 0) is 24.3 Å². The van der Waals surface area contributed by atoms with Gasteiger partial charge in [0.2, 0.25) is 6.79 Å². The molecule has 4 nitrogen and oxygen atoms in total. The third kappa shape index (κ3) is 2.50. The number of hydrogen-bond acceptors (Lipinski definition) is 4. The van der Waals surface area contributed by atoms with Crippen LogP contribution in [0.3, 0.4) is 0 Å². The molecule has 110 valence electrons. The van der Waals surface area contributed by atoms with Crippen LogP contribution >= 0.6 is 18.5 Å². The van der Waals surface area contributed by atoms with E-state index in [-0.39, 0.29) is 6.79 Å². The Morgan fingerprint density at radius 1 is 0.905 bits per heavy atom. The lowest BCUT2D eigenvalue weighted by molar-refractivity contribution is 0.121. The molecule has 1 heterocycles. The van der Waals surface area contributed by atoms with Crippen LogP contribution in [0.4, 0.5) is 0 Å². The number of fused-ring (bicyclic) bond motifs is 2. The average Bonchev–Trinajstić information content (AvgIpc) is 2.52. The Bertz CT molecular complexity index is 607. The van der Waals surface area contributed by atoms with E-state index in [1.54, 1.807) is 14.2 Å². The third-order valence-electron chi connectivity index (χ3n) is 3.19. The Morgan fingerprint density at radius 2 is 1.38 bits per heavy atom. The van der Waals surface area contributed by atoms with Crippen molar-refractivity contribution in [1.82, 2.24) is 0 Å². The highest BCUT2D eigenvalue weighted by molar-refractivity contribution is 7.96. The lowest BCUT2D eigenvalue weighted by atomic mass is 10.3. The minimum absolute atomic E-state index is 0.112. The summed E-state index contributed by atoms with van der Waals surface area (Å²) in [5.41, 5.74) is 0. The normalized spacial score (nSPS) is 13.9. The first-order valence-electron chi connectivity index (χ1n) is 6.31. The summed E-state index contributed by atoms with van der Waals surface area (Å²) in [7, 11) is 1.99. The second-order valence-corrected chi connectivity index (χ2v) is 6.77. The average molecular weight is 325 g/mol. The fourth-order valence-corrected chi connectivity index (χ4v) is 4.83. The quantitative estimate of drug-likeness (QED) is 0.796. The van der Waals surface area contributed by atoms with Crippen molar-refractivity contribution in [3.05, 3.63) is 36.4 Å². The molecule has 0 amide bonds. The molecule has 2 aromatic carbocycles.